The summed E-state index contributed by atoms with van der Waals surface area (Å²) in [4.78, 5) is 19.7. The fourth-order valence-corrected chi connectivity index (χ4v) is 5.22. The van der Waals surface area contributed by atoms with Crippen molar-refractivity contribution in [2.75, 3.05) is 5.32 Å². The fourth-order valence-electron chi connectivity index (χ4n) is 5.22. The number of carbonyl (C=O) groups is 1. The quantitative estimate of drug-likeness (QED) is 0.476. The Balaban J connectivity index is 1.13. The van der Waals surface area contributed by atoms with E-state index in [4.69, 9.17) is 4.74 Å². The number of anilines is 2. The topological polar surface area (TPSA) is 109 Å². The number of halogens is 4. The Kier molecular flexibility index (Phi) is 4.55. The number of ether oxygens (including phenoxy) is 1. The zero-order valence-electron chi connectivity index (χ0n) is 17.8. The SMILES string of the molecule is O=C(NC12CC(C1)C2)O[C@H]1C[C@@H](c2cc(Nc3nc(C(F)(F)F)cc4nccn34)n[nH]2)C[C@H]1F. The average Bonchev–Trinajstić information content (AvgIpc) is 3.43. The molecule has 0 aliphatic heterocycles. The number of aromatic nitrogens is 5. The van der Waals surface area contributed by atoms with E-state index >= 15 is 0 Å². The van der Waals surface area contributed by atoms with Gasteiger partial charge in [0.25, 0.3) is 0 Å². The molecule has 0 unspecified atom stereocenters. The van der Waals surface area contributed by atoms with Crippen molar-refractivity contribution in [2.24, 2.45) is 5.92 Å². The van der Waals surface area contributed by atoms with Gasteiger partial charge in [-0.2, -0.15) is 18.3 Å². The summed E-state index contributed by atoms with van der Waals surface area (Å²) in [6, 6.07) is 2.44. The molecule has 3 heterocycles. The van der Waals surface area contributed by atoms with Crippen LogP contribution in [0.4, 0.5) is 34.1 Å². The van der Waals surface area contributed by atoms with Crippen LogP contribution in [0.25, 0.3) is 5.65 Å². The van der Waals surface area contributed by atoms with Gasteiger partial charge in [-0.15, -0.1) is 0 Å². The molecular formula is C21H21F4N7O2. The van der Waals surface area contributed by atoms with E-state index in [1.165, 1.54) is 16.8 Å². The van der Waals surface area contributed by atoms with Crippen molar-refractivity contribution in [3.05, 3.63) is 35.9 Å². The molecule has 4 saturated carbocycles. The Morgan fingerprint density at radius 1 is 1.24 bits per heavy atom. The van der Waals surface area contributed by atoms with Gasteiger partial charge < -0.3 is 15.4 Å². The molecule has 0 saturated heterocycles. The molecule has 3 N–H and O–H groups in total. The number of alkyl carbamates (subject to hydrolysis) is 1. The standard InChI is InChI=1S/C21H21F4N7O2/c22-12-3-11(4-14(12)34-19(33)29-20-7-10(8-20)9-20)13-5-16(31-30-13)28-18-27-15(21(23,24)25)6-17-26-1-2-32(17)18/h1-2,5-6,10-12,14H,3-4,7-9H2,(H,29,33)(H2,27,28,30,31)/t10?,11-,12+,14-,20?/m0/s1. The maximum atomic E-state index is 14.6. The Morgan fingerprint density at radius 2 is 2.03 bits per heavy atom. The number of carbonyl (C=O) groups excluding carboxylic acids is 1. The molecule has 9 nitrogen and oxygen atoms in total. The molecule has 180 valence electrons. The normalized spacial score (nSPS) is 30.0. The van der Waals surface area contributed by atoms with Crippen LogP contribution >= 0.6 is 0 Å². The fraction of sp³-hybridized carbons (Fsp3) is 0.524. The number of nitrogens with one attached hydrogen (secondary N) is 3. The highest BCUT2D eigenvalue weighted by atomic mass is 19.4. The molecule has 7 rings (SSSR count). The van der Waals surface area contributed by atoms with Gasteiger partial charge in [0, 0.05) is 41.7 Å². The van der Waals surface area contributed by atoms with Gasteiger partial charge in [0.05, 0.1) is 0 Å². The van der Waals surface area contributed by atoms with Crippen molar-refractivity contribution in [2.45, 2.75) is 62.0 Å². The third-order valence-corrected chi connectivity index (χ3v) is 7.05. The predicted molar refractivity (Wildman–Crippen MR) is 110 cm³/mol. The number of fused-ring (bicyclic) bond motifs is 1. The number of hydrogen-bond acceptors (Lipinski definition) is 6. The lowest BCUT2D eigenvalue weighted by Gasteiger charge is -2.61. The third kappa shape index (κ3) is 3.62. The van der Waals surface area contributed by atoms with Crippen LogP contribution in [0.2, 0.25) is 0 Å². The lowest BCUT2D eigenvalue weighted by molar-refractivity contribution is -0.141. The number of H-pyrrole nitrogens is 1. The smallest absolute Gasteiger partial charge is 0.433 e. The number of amides is 1. The van der Waals surface area contributed by atoms with Gasteiger partial charge in [-0.25, -0.2) is 19.2 Å². The van der Waals surface area contributed by atoms with Crippen LogP contribution in [0, 0.1) is 5.92 Å². The van der Waals surface area contributed by atoms with Gasteiger partial charge in [-0.3, -0.25) is 9.50 Å². The molecule has 2 bridgehead atoms. The van der Waals surface area contributed by atoms with E-state index in [-0.39, 0.29) is 41.7 Å². The van der Waals surface area contributed by atoms with Crippen LogP contribution in [0.1, 0.15) is 49.4 Å². The van der Waals surface area contributed by atoms with Crippen molar-refractivity contribution in [3.8, 4) is 0 Å². The molecule has 0 aromatic carbocycles. The molecule has 1 amide bonds. The Bertz CT molecular complexity index is 1240. The van der Waals surface area contributed by atoms with Crippen LogP contribution in [-0.2, 0) is 10.9 Å². The van der Waals surface area contributed by atoms with E-state index in [0.717, 1.165) is 25.3 Å². The lowest BCUT2D eigenvalue weighted by Crippen LogP contribution is -2.68. The van der Waals surface area contributed by atoms with Crippen LogP contribution in [0.5, 0.6) is 0 Å². The largest absolute Gasteiger partial charge is 0.443 e. The van der Waals surface area contributed by atoms with Crippen LogP contribution in [-0.4, -0.2) is 48.5 Å². The summed E-state index contributed by atoms with van der Waals surface area (Å²) < 4.78 is 60.9. The molecule has 3 atom stereocenters. The highest BCUT2D eigenvalue weighted by Crippen LogP contribution is 2.57. The molecule has 13 heteroatoms. The number of nitrogens with zero attached hydrogens (tertiary/aromatic N) is 4. The van der Waals surface area contributed by atoms with Gasteiger partial charge >= 0.3 is 12.3 Å². The predicted octanol–water partition coefficient (Wildman–Crippen LogP) is 4.08. The number of rotatable bonds is 5. The molecule has 3 aromatic heterocycles. The van der Waals surface area contributed by atoms with E-state index in [1.807, 2.05) is 0 Å². The van der Waals surface area contributed by atoms with Crippen molar-refractivity contribution in [1.82, 2.24) is 29.9 Å². The van der Waals surface area contributed by atoms with Crippen molar-refractivity contribution in [3.63, 3.8) is 0 Å². The Labute approximate surface area is 190 Å². The van der Waals surface area contributed by atoms with Crippen LogP contribution < -0.4 is 10.6 Å². The second-order valence-corrected chi connectivity index (χ2v) is 9.46. The summed E-state index contributed by atoms with van der Waals surface area (Å²) in [7, 11) is 0. The maximum absolute atomic E-state index is 14.6. The number of imidazole rings is 1. The highest BCUT2D eigenvalue weighted by Gasteiger charge is 2.58. The zero-order chi connectivity index (χ0) is 23.7. The van der Waals surface area contributed by atoms with Crippen molar-refractivity contribution >= 4 is 23.5 Å². The van der Waals surface area contributed by atoms with Gasteiger partial charge in [0.1, 0.15) is 17.9 Å². The second-order valence-electron chi connectivity index (χ2n) is 9.46. The summed E-state index contributed by atoms with van der Waals surface area (Å²) in [5, 5.41) is 12.5. The van der Waals surface area contributed by atoms with E-state index in [9.17, 15) is 22.4 Å². The summed E-state index contributed by atoms with van der Waals surface area (Å²) in [6.45, 7) is 0. The molecule has 4 aliphatic carbocycles. The molecular weight excluding hydrogens is 458 g/mol. The van der Waals surface area contributed by atoms with E-state index in [0.29, 0.717) is 11.6 Å². The van der Waals surface area contributed by atoms with Crippen LogP contribution in [0.3, 0.4) is 0 Å². The van der Waals surface area contributed by atoms with Gasteiger partial charge in [0.15, 0.2) is 11.5 Å². The highest BCUT2D eigenvalue weighted by molar-refractivity contribution is 5.69. The summed E-state index contributed by atoms with van der Waals surface area (Å²) in [5.74, 6) is 0.525. The molecule has 0 spiro atoms. The van der Waals surface area contributed by atoms with Crippen molar-refractivity contribution in [1.29, 1.82) is 0 Å². The lowest BCUT2D eigenvalue weighted by atomic mass is 9.50. The Morgan fingerprint density at radius 3 is 2.74 bits per heavy atom. The van der Waals surface area contributed by atoms with E-state index in [2.05, 4.69) is 30.8 Å². The number of alkyl halides is 4. The number of aromatic amines is 1. The second kappa shape index (κ2) is 7.31. The van der Waals surface area contributed by atoms with Gasteiger partial charge in [-0.1, -0.05) is 0 Å². The first-order chi connectivity index (χ1) is 16.2. The minimum atomic E-state index is -4.64. The minimum absolute atomic E-state index is 0.0776. The maximum Gasteiger partial charge on any atom is 0.433 e. The zero-order valence-corrected chi connectivity index (χ0v) is 17.8. The molecule has 4 fully saturated rings. The molecule has 3 aromatic rings. The van der Waals surface area contributed by atoms with Crippen molar-refractivity contribution < 1.29 is 27.1 Å². The first kappa shape index (κ1) is 21.2. The summed E-state index contributed by atoms with van der Waals surface area (Å²) >= 11 is 0. The van der Waals surface area contributed by atoms with Gasteiger partial charge in [0.2, 0.25) is 5.95 Å². The first-order valence-corrected chi connectivity index (χ1v) is 11.0. The molecule has 4 aliphatic rings. The summed E-state index contributed by atoms with van der Waals surface area (Å²) in [6.07, 6.45) is -1.27. The number of hydrogen-bond donors (Lipinski definition) is 3. The summed E-state index contributed by atoms with van der Waals surface area (Å²) in [5.41, 5.74) is -0.565. The first-order valence-electron chi connectivity index (χ1n) is 11.0. The monoisotopic (exact) mass is 479 g/mol. The van der Waals surface area contributed by atoms with Gasteiger partial charge in [-0.05, 0) is 38.0 Å². The molecule has 34 heavy (non-hydrogen) atoms. The van der Waals surface area contributed by atoms with E-state index in [1.54, 1.807) is 6.07 Å². The van der Waals surface area contributed by atoms with Crippen LogP contribution in [0.15, 0.2) is 24.5 Å². The Hall–Kier alpha value is -3.38. The minimum Gasteiger partial charge on any atom is -0.443 e. The third-order valence-electron chi connectivity index (χ3n) is 7.05. The van der Waals surface area contributed by atoms with E-state index < -0.39 is 30.2 Å². The average molecular weight is 479 g/mol. The molecule has 0 radical (unpaired) electrons.